The van der Waals surface area contributed by atoms with Gasteiger partial charge in [-0.15, -0.1) is 10.2 Å². The van der Waals surface area contributed by atoms with Crippen LogP contribution in [0.1, 0.15) is 23.9 Å². The molecule has 27 heavy (non-hydrogen) atoms. The van der Waals surface area contributed by atoms with Crippen LogP contribution in [0.25, 0.3) is 16.5 Å². The van der Waals surface area contributed by atoms with Gasteiger partial charge < -0.3 is 0 Å². The molecule has 4 aromatic rings. The summed E-state index contributed by atoms with van der Waals surface area (Å²) in [6.45, 7) is 2.11. The number of benzene rings is 3. The summed E-state index contributed by atoms with van der Waals surface area (Å²) in [7, 11) is 0. The largest absolute Gasteiger partial charge is 0.289 e. The van der Waals surface area contributed by atoms with Crippen molar-refractivity contribution in [2.75, 3.05) is 5.43 Å². The van der Waals surface area contributed by atoms with Crippen LogP contribution in [0, 0.1) is 0 Å². The molecular formula is C22H18N4S. The summed E-state index contributed by atoms with van der Waals surface area (Å²) >= 11 is 1.66. The first kappa shape index (κ1) is 16.1. The Hall–Kier alpha value is -3.05. The first-order valence-electron chi connectivity index (χ1n) is 8.92. The van der Waals surface area contributed by atoms with Crippen molar-refractivity contribution in [2.24, 2.45) is 0 Å². The van der Waals surface area contributed by atoms with E-state index in [9.17, 15) is 0 Å². The Kier molecular flexibility index (Phi) is 3.94. The quantitative estimate of drug-likeness (QED) is 0.547. The number of nitrogens with one attached hydrogen (secondary N) is 1. The second kappa shape index (κ2) is 6.59. The molecule has 1 N–H and O–H groups in total. The molecule has 0 bridgehead atoms. The highest BCUT2D eigenvalue weighted by Crippen LogP contribution is 2.35. The molecule has 0 radical (unpaired) electrons. The van der Waals surface area contributed by atoms with Crippen LogP contribution in [0.4, 0.5) is 0 Å². The van der Waals surface area contributed by atoms with Crippen molar-refractivity contribution in [3.05, 3.63) is 94.7 Å². The van der Waals surface area contributed by atoms with E-state index < -0.39 is 0 Å². The molecule has 4 nitrogen and oxygen atoms in total. The van der Waals surface area contributed by atoms with Crippen LogP contribution in [0.2, 0.25) is 0 Å². The van der Waals surface area contributed by atoms with Gasteiger partial charge in [-0.1, -0.05) is 84.6 Å². The maximum absolute atomic E-state index is 4.47. The van der Waals surface area contributed by atoms with E-state index in [0.717, 1.165) is 28.7 Å². The average Bonchev–Trinajstić information content (AvgIpc) is 3.10. The van der Waals surface area contributed by atoms with Crippen LogP contribution < -0.4 is 5.43 Å². The number of fused-ring (bicyclic) bond motifs is 2. The molecule has 0 saturated carbocycles. The number of nitrogens with zero attached hydrogens (tertiary/aromatic N) is 3. The van der Waals surface area contributed by atoms with Gasteiger partial charge >= 0.3 is 0 Å². The number of rotatable bonds is 3. The van der Waals surface area contributed by atoms with Crippen molar-refractivity contribution in [1.29, 1.82) is 0 Å². The van der Waals surface area contributed by atoms with E-state index >= 15 is 0 Å². The first-order chi connectivity index (χ1) is 13.3. The molecular weight excluding hydrogens is 352 g/mol. The fourth-order valence-corrected chi connectivity index (χ4v) is 4.32. The van der Waals surface area contributed by atoms with Crippen molar-refractivity contribution in [1.82, 2.24) is 14.9 Å². The van der Waals surface area contributed by atoms with Gasteiger partial charge in [0.25, 0.3) is 0 Å². The fourth-order valence-electron chi connectivity index (χ4n) is 3.46. The molecule has 0 amide bonds. The molecule has 0 saturated heterocycles. The minimum Gasteiger partial charge on any atom is -0.289 e. The number of thioether (sulfide) groups is 1. The molecule has 0 unspecified atom stereocenters. The van der Waals surface area contributed by atoms with Gasteiger partial charge in [0.1, 0.15) is 0 Å². The Bertz CT molecular complexity index is 1160. The predicted octanol–water partition coefficient (Wildman–Crippen LogP) is 5.06. The number of hydrogen-bond donors (Lipinski definition) is 1. The summed E-state index contributed by atoms with van der Waals surface area (Å²) in [6, 6.07) is 25.3. The van der Waals surface area contributed by atoms with E-state index in [4.69, 9.17) is 0 Å². The third-order valence-corrected chi connectivity index (χ3v) is 5.77. The first-order valence-corrected chi connectivity index (χ1v) is 9.73. The van der Waals surface area contributed by atoms with Crippen LogP contribution in [0.5, 0.6) is 0 Å². The van der Waals surface area contributed by atoms with Crippen molar-refractivity contribution < 1.29 is 0 Å². The molecule has 132 valence electrons. The maximum atomic E-state index is 4.47. The number of aromatic nitrogens is 3. The third-order valence-electron chi connectivity index (χ3n) is 4.81. The fraction of sp³-hybridized carbons (Fsp3) is 0.0909. The van der Waals surface area contributed by atoms with E-state index in [2.05, 4.69) is 89.3 Å². The van der Waals surface area contributed by atoms with Crippen molar-refractivity contribution in [3.8, 4) is 0 Å². The molecule has 0 fully saturated rings. The van der Waals surface area contributed by atoms with Gasteiger partial charge in [0, 0.05) is 16.9 Å². The van der Waals surface area contributed by atoms with Gasteiger partial charge in [-0.3, -0.25) is 5.43 Å². The SMILES string of the molecule is CC1=C(c2ccccc2)Nn2c(Cc3cccc4ccccc34)nnc2S1. The van der Waals surface area contributed by atoms with Gasteiger partial charge in [-0.05, 0) is 23.3 Å². The highest BCUT2D eigenvalue weighted by atomic mass is 32.2. The van der Waals surface area contributed by atoms with Crippen molar-refractivity contribution in [2.45, 2.75) is 18.5 Å². The van der Waals surface area contributed by atoms with Gasteiger partial charge in [-0.2, -0.15) is 0 Å². The molecule has 5 heteroatoms. The molecule has 0 aliphatic carbocycles. The highest BCUT2D eigenvalue weighted by Gasteiger charge is 2.22. The minimum absolute atomic E-state index is 0.725. The summed E-state index contributed by atoms with van der Waals surface area (Å²) in [6.07, 6.45) is 0.725. The predicted molar refractivity (Wildman–Crippen MR) is 111 cm³/mol. The van der Waals surface area contributed by atoms with Crippen molar-refractivity contribution >= 4 is 28.2 Å². The van der Waals surface area contributed by atoms with Crippen LogP contribution >= 0.6 is 11.8 Å². The lowest BCUT2D eigenvalue weighted by molar-refractivity contribution is 0.780. The highest BCUT2D eigenvalue weighted by molar-refractivity contribution is 8.03. The van der Waals surface area contributed by atoms with Gasteiger partial charge in [0.15, 0.2) is 5.82 Å². The summed E-state index contributed by atoms with van der Waals surface area (Å²) < 4.78 is 2.02. The topological polar surface area (TPSA) is 42.7 Å². The number of allylic oxidation sites excluding steroid dienone is 1. The maximum Gasteiger partial charge on any atom is 0.214 e. The average molecular weight is 370 g/mol. The third kappa shape index (κ3) is 2.90. The van der Waals surface area contributed by atoms with E-state index in [0.29, 0.717) is 0 Å². The molecule has 1 aliphatic heterocycles. The van der Waals surface area contributed by atoms with E-state index in [1.807, 2.05) is 10.7 Å². The monoisotopic (exact) mass is 370 g/mol. The van der Waals surface area contributed by atoms with Crippen LogP contribution in [-0.2, 0) is 6.42 Å². The lowest BCUT2D eigenvalue weighted by Crippen LogP contribution is -2.21. The number of hydrogen-bond acceptors (Lipinski definition) is 4. The lowest BCUT2D eigenvalue weighted by atomic mass is 10.0. The molecule has 0 spiro atoms. The lowest BCUT2D eigenvalue weighted by Gasteiger charge is -2.22. The Morgan fingerprint density at radius 2 is 1.67 bits per heavy atom. The van der Waals surface area contributed by atoms with Crippen LogP contribution in [-0.4, -0.2) is 14.9 Å². The molecule has 3 aromatic carbocycles. The van der Waals surface area contributed by atoms with E-state index in [-0.39, 0.29) is 0 Å². The molecule has 1 aliphatic rings. The normalized spacial score (nSPS) is 13.5. The second-order valence-corrected chi connectivity index (χ2v) is 7.74. The molecule has 2 heterocycles. The Labute approximate surface area is 161 Å². The van der Waals surface area contributed by atoms with Gasteiger partial charge in [-0.25, -0.2) is 4.68 Å². The van der Waals surface area contributed by atoms with Crippen LogP contribution in [0.3, 0.4) is 0 Å². The summed E-state index contributed by atoms with van der Waals surface area (Å²) in [5, 5.41) is 12.2. The van der Waals surface area contributed by atoms with Crippen LogP contribution in [0.15, 0.2) is 82.9 Å². The van der Waals surface area contributed by atoms with E-state index in [1.165, 1.54) is 21.2 Å². The summed E-state index contributed by atoms with van der Waals surface area (Å²) in [5.41, 5.74) is 7.05. The Morgan fingerprint density at radius 1 is 0.889 bits per heavy atom. The van der Waals surface area contributed by atoms with Gasteiger partial charge in [0.05, 0.1) is 5.70 Å². The minimum atomic E-state index is 0.725. The Balaban J connectivity index is 1.52. The second-order valence-electron chi connectivity index (χ2n) is 6.56. The zero-order valence-corrected chi connectivity index (χ0v) is 15.7. The smallest absolute Gasteiger partial charge is 0.214 e. The van der Waals surface area contributed by atoms with Gasteiger partial charge in [0.2, 0.25) is 5.16 Å². The zero-order valence-electron chi connectivity index (χ0n) is 14.9. The standard InChI is InChI=1S/C22H18N4S/c1-15-21(17-9-3-2-4-10-17)25-26-20(23-24-22(26)27-15)14-18-12-7-11-16-8-5-6-13-19(16)18/h2-13,25H,14H2,1H3. The summed E-state index contributed by atoms with van der Waals surface area (Å²) in [4.78, 5) is 1.19. The molecule has 5 rings (SSSR count). The molecule has 0 atom stereocenters. The Morgan fingerprint density at radius 3 is 2.56 bits per heavy atom. The summed E-state index contributed by atoms with van der Waals surface area (Å²) in [5.74, 6) is 0.912. The van der Waals surface area contributed by atoms with E-state index in [1.54, 1.807) is 11.8 Å². The van der Waals surface area contributed by atoms with Crippen molar-refractivity contribution in [3.63, 3.8) is 0 Å². The zero-order chi connectivity index (χ0) is 18.2. The molecule has 1 aromatic heterocycles.